The van der Waals surface area contributed by atoms with E-state index in [0.717, 1.165) is 73.3 Å². The summed E-state index contributed by atoms with van der Waals surface area (Å²) in [4.78, 5) is 18.7. The van der Waals surface area contributed by atoms with E-state index in [0.29, 0.717) is 11.8 Å². The third-order valence-electron chi connectivity index (χ3n) is 6.18. The number of hydrogen-bond donors (Lipinski definition) is 1. The first-order valence-electron chi connectivity index (χ1n) is 10.1. The standard InChI is InChI=1S/C21H25N3O3S/c1-21(26-2)10-9-14-15(11-21)28-20(23-18(25)13-5-3-4-6-13)16(14)19-22-17(24-27-19)12-7-8-12/h5,12H,3-4,6-11H2,1-2H3,(H,23,25)/t21-/m0/s1. The Morgan fingerprint density at radius 3 is 2.96 bits per heavy atom. The lowest BCUT2D eigenvalue weighted by Crippen LogP contribution is -2.33. The number of rotatable bonds is 5. The number of aromatic nitrogens is 2. The van der Waals surface area contributed by atoms with Crippen molar-refractivity contribution >= 4 is 22.2 Å². The van der Waals surface area contributed by atoms with Gasteiger partial charge in [-0.1, -0.05) is 11.2 Å². The van der Waals surface area contributed by atoms with E-state index in [1.165, 1.54) is 10.4 Å². The molecular formula is C21H25N3O3S. The summed E-state index contributed by atoms with van der Waals surface area (Å²) in [7, 11) is 1.77. The molecule has 1 N–H and O–H groups in total. The average molecular weight is 400 g/mol. The summed E-state index contributed by atoms with van der Waals surface area (Å²) >= 11 is 1.63. The summed E-state index contributed by atoms with van der Waals surface area (Å²) < 4.78 is 11.4. The minimum atomic E-state index is -0.168. The number of anilines is 1. The van der Waals surface area contributed by atoms with Crippen LogP contribution >= 0.6 is 11.3 Å². The lowest BCUT2D eigenvalue weighted by Gasteiger charge is -2.32. The topological polar surface area (TPSA) is 77.2 Å². The van der Waals surface area contributed by atoms with E-state index in [2.05, 4.69) is 22.4 Å². The number of nitrogens with zero attached hydrogens (tertiary/aromatic N) is 2. The molecule has 0 saturated heterocycles. The number of amides is 1. The third-order valence-corrected chi connectivity index (χ3v) is 7.33. The van der Waals surface area contributed by atoms with E-state index in [9.17, 15) is 4.79 Å². The maximum Gasteiger partial charge on any atom is 0.261 e. The Labute approximate surface area is 168 Å². The van der Waals surface area contributed by atoms with Crippen LogP contribution in [0.3, 0.4) is 0 Å². The van der Waals surface area contributed by atoms with Gasteiger partial charge in [0.25, 0.3) is 11.8 Å². The van der Waals surface area contributed by atoms with Gasteiger partial charge in [0.1, 0.15) is 5.00 Å². The molecule has 2 aromatic rings. The van der Waals surface area contributed by atoms with Crippen molar-refractivity contribution in [1.29, 1.82) is 0 Å². The zero-order valence-electron chi connectivity index (χ0n) is 16.3. The highest BCUT2D eigenvalue weighted by atomic mass is 32.1. The highest BCUT2D eigenvalue weighted by Gasteiger charge is 2.36. The van der Waals surface area contributed by atoms with Crippen molar-refractivity contribution in [1.82, 2.24) is 10.1 Å². The van der Waals surface area contributed by atoms with Crippen LogP contribution in [0, 0.1) is 0 Å². The Hall–Kier alpha value is -1.99. The Morgan fingerprint density at radius 1 is 1.39 bits per heavy atom. The lowest BCUT2D eigenvalue weighted by molar-refractivity contribution is -0.112. The van der Waals surface area contributed by atoms with Crippen molar-refractivity contribution in [2.24, 2.45) is 0 Å². The van der Waals surface area contributed by atoms with Crippen LogP contribution in [0.1, 0.15) is 67.6 Å². The van der Waals surface area contributed by atoms with Gasteiger partial charge >= 0.3 is 0 Å². The lowest BCUT2D eigenvalue weighted by atomic mass is 9.84. The molecule has 0 aliphatic heterocycles. The molecular weight excluding hydrogens is 374 g/mol. The van der Waals surface area contributed by atoms with Crippen LogP contribution in [-0.2, 0) is 22.4 Å². The molecule has 5 rings (SSSR count). The van der Waals surface area contributed by atoms with Crippen LogP contribution in [0.5, 0.6) is 0 Å². The number of thiophene rings is 1. The van der Waals surface area contributed by atoms with Gasteiger partial charge in [-0.25, -0.2) is 0 Å². The predicted molar refractivity (Wildman–Crippen MR) is 108 cm³/mol. The van der Waals surface area contributed by atoms with Gasteiger partial charge in [0.05, 0.1) is 11.2 Å². The van der Waals surface area contributed by atoms with Crippen LogP contribution in [0.25, 0.3) is 11.5 Å². The number of allylic oxidation sites excluding steroid dienone is 1. The van der Waals surface area contributed by atoms with Crippen molar-refractivity contribution in [2.75, 3.05) is 12.4 Å². The van der Waals surface area contributed by atoms with E-state index >= 15 is 0 Å². The fraction of sp³-hybridized carbons (Fsp3) is 0.571. The zero-order valence-corrected chi connectivity index (χ0v) is 17.2. The molecule has 1 atom stereocenters. The highest BCUT2D eigenvalue weighted by molar-refractivity contribution is 7.17. The maximum absolute atomic E-state index is 12.8. The Bertz CT molecular complexity index is 956. The van der Waals surface area contributed by atoms with E-state index in [1.54, 1.807) is 18.4 Å². The number of fused-ring (bicyclic) bond motifs is 1. The first-order chi connectivity index (χ1) is 13.6. The van der Waals surface area contributed by atoms with Crippen LogP contribution in [-0.4, -0.2) is 28.8 Å². The van der Waals surface area contributed by atoms with Gasteiger partial charge in [-0.05, 0) is 57.4 Å². The normalized spacial score (nSPS) is 24.1. The van der Waals surface area contributed by atoms with Gasteiger partial charge in [0.15, 0.2) is 5.82 Å². The Balaban J connectivity index is 1.53. The maximum atomic E-state index is 12.8. The minimum Gasteiger partial charge on any atom is -0.378 e. The van der Waals surface area contributed by atoms with Crippen molar-refractivity contribution < 1.29 is 14.1 Å². The first-order valence-corrected chi connectivity index (χ1v) is 10.9. The molecule has 0 aromatic carbocycles. The second-order valence-electron chi connectivity index (χ2n) is 8.35. The molecule has 1 fully saturated rings. The average Bonchev–Trinajstić information content (AvgIpc) is 3.11. The van der Waals surface area contributed by atoms with Gasteiger partial charge in [-0.2, -0.15) is 4.98 Å². The van der Waals surface area contributed by atoms with Gasteiger partial charge in [-0.15, -0.1) is 11.3 Å². The van der Waals surface area contributed by atoms with Crippen molar-refractivity contribution in [3.8, 4) is 11.5 Å². The monoisotopic (exact) mass is 399 g/mol. The molecule has 0 bridgehead atoms. The molecule has 1 saturated carbocycles. The second-order valence-corrected chi connectivity index (χ2v) is 9.45. The fourth-order valence-corrected chi connectivity index (χ4v) is 5.54. The van der Waals surface area contributed by atoms with Crippen LogP contribution in [0.2, 0.25) is 0 Å². The zero-order chi connectivity index (χ0) is 19.3. The molecule has 1 amide bonds. The summed E-state index contributed by atoms with van der Waals surface area (Å²) in [5.41, 5.74) is 2.85. The number of ether oxygens (including phenoxy) is 1. The predicted octanol–water partition coefficient (Wildman–Crippen LogP) is 4.62. The van der Waals surface area contributed by atoms with Crippen molar-refractivity contribution in [3.05, 3.63) is 27.9 Å². The largest absolute Gasteiger partial charge is 0.378 e. The Morgan fingerprint density at radius 2 is 2.25 bits per heavy atom. The second kappa shape index (κ2) is 6.81. The highest BCUT2D eigenvalue weighted by Crippen LogP contribution is 2.47. The summed E-state index contributed by atoms with van der Waals surface area (Å²) in [6.45, 7) is 2.15. The fourth-order valence-electron chi connectivity index (χ4n) is 4.13. The SMILES string of the molecule is CO[C@@]1(C)CCc2c(sc(NC(=O)C3=CCCC3)c2-c2nc(C3CC3)no2)C1. The molecule has 2 aromatic heterocycles. The van der Waals surface area contributed by atoms with E-state index < -0.39 is 0 Å². The summed E-state index contributed by atoms with van der Waals surface area (Å²) in [5, 5.41) is 8.17. The Kier molecular flexibility index (Phi) is 4.39. The molecule has 0 unspecified atom stereocenters. The first kappa shape index (κ1) is 18.1. The van der Waals surface area contributed by atoms with Crippen LogP contribution in [0.4, 0.5) is 5.00 Å². The molecule has 7 heteroatoms. The minimum absolute atomic E-state index is 0.00576. The molecule has 3 aliphatic rings. The van der Waals surface area contributed by atoms with Gasteiger partial charge in [0, 0.05) is 29.9 Å². The smallest absolute Gasteiger partial charge is 0.261 e. The summed E-state index contributed by atoms with van der Waals surface area (Å²) in [6, 6.07) is 0. The van der Waals surface area contributed by atoms with E-state index in [-0.39, 0.29) is 11.5 Å². The van der Waals surface area contributed by atoms with E-state index in [1.807, 2.05) is 6.08 Å². The molecule has 0 spiro atoms. The third kappa shape index (κ3) is 3.20. The van der Waals surface area contributed by atoms with Gasteiger partial charge < -0.3 is 14.6 Å². The van der Waals surface area contributed by atoms with Crippen LogP contribution < -0.4 is 5.32 Å². The molecule has 6 nitrogen and oxygen atoms in total. The summed E-state index contributed by atoms with van der Waals surface area (Å²) in [5.74, 6) is 1.76. The number of methoxy groups -OCH3 is 1. The van der Waals surface area contributed by atoms with Crippen molar-refractivity contribution in [2.45, 2.75) is 69.8 Å². The number of carbonyl (C=O) groups is 1. The van der Waals surface area contributed by atoms with E-state index in [4.69, 9.17) is 9.26 Å². The molecule has 2 heterocycles. The van der Waals surface area contributed by atoms with Gasteiger partial charge in [-0.3, -0.25) is 4.79 Å². The van der Waals surface area contributed by atoms with Crippen LogP contribution in [0.15, 0.2) is 16.2 Å². The number of nitrogens with one attached hydrogen (secondary N) is 1. The quantitative estimate of drug-likeness (QED) is 0.794. The number of carbonyl (C=O) groups excluding carboxylic acids is 1. The number of hydrogen-bond acceptors (Lipinski definition) is 6. The van der Waals surface area contributed by atoms with Gasteiger partial charge in [0.2, 0.25) is 0 Å². The molecule has 28 heavy (non-hydrogen) atoms. The molecule has 3 aliphatic carbocycles. The molecule has 148 valence electrons. The molecule has 0 radical (unpaired) electrons. The summed E-state index contributed by atoms with van der Waals surface area (Å²) in [6.07, 6.45) is 9.83. The van der Waals surface area contributed by atoms with Crippen molar-refractivity contribution in [3.63, 3.8) is 0 Å².